The lowest BCUT2D eigenvalue weighted by atomic mass is 9.96. The molecule has 0 aliphatic carbocycles. The quantitative estimate of drug-likeness (QED) is 0.811. The van der Waals surface area contributed by atoms with E-state index in [1.54, 1.807) is 0 Å². The number of carbonyl (C=O) groups excluding carboxylic acids is 2. The van der Waals surface area contributed by atoms with Crippen LogP contribution in [0.15, 0.2) is 0 Å². The zero-order valence-electron chi connectivity index (χ0n) is 12.3. The van der Waals surface area contributed by atoms with Crippen molar-refractivity contribution in [3.05, 3.63) is 0 Å². The van der Waals surface area contributed by atoms with Gasteiger partial charge < -0.3 is 10.2 Å². The second kappa shape index (κ2) is 8.46. The third kappa shape index (κ3) is 5.43. The van der Waals surface area contributed by atoms with Gasteiger partial charge in [0, 0.05) is 19.1 Å². The highest BCUT2D eigenvalue weighted by Gasteiger charge is 2.28. The van der Waals surface area contributed by atoms with Crippen molar-refractivity contribution in [3.63, 3.8) is 0 Å². The van der Waals surface area contributed by atoms with E-state index in [-0.39, 0.29) is 23.8 Å². The number of amides is 2. The molecule has 4 nitrogen and oxygen atoms in total. The molecule has 19 heavy (non-hydrogen) atoms. The number of likely N-dealkylation sites (tertiary alicyclic amines) is 1. The SMILES string of the molecule is CCCC(C)NC(=O)C1CCCN(C(=O)CSC)C1. The Morgan fingerprint density at radius 2 is 2.21 bits per heavy atom. The highest BCUT2D eigenvalue weighted by Crippen LogP contribution is 2.18. The minimum Gasteiger partial charge on any atom is -0.353 e. The molecule has 2 unspecified atom stereocenters. The van der Waals surface area contributed by atoms with Gasteiger partial charge in [0.1, 0.15) is 0 Å². The van der Waals surface area contributed by atoms with E-state index < -0.39 is 0 Å². The third-order valence-electron chi connectivity index (χ3n) is 3.52. The predicted molar refractivity (Wildman–Crippen MR) is 80.2 cm³/mol. The van der Waals surface area contributed by atoms with Gasteiger partial charge in [0.15, 0.2) is 0 Å². The van der Waals surface area contributed by atoms with E-state index in [1.165, 1.54) is 11.8 Å². The van der Waals surface area contributed by atoms with Gasteiger partial charge in [-0.25, -0.2) is 0 Å². The number of thioether (sulfide) groups is 1. The Bertz CT molecular complexity index is 310. The van der Waals surface area contributed by atoms with Crippen LogP contribution in [0.25, 0.3) is 0 Å². The van der Waals surface area contributed by atoms with E-state index in [1.807, 2.05) is 18.1 Å². The first-order valence-corrected chi connectivity index (χ1v) is 8.55. The van der Waals surface area contributed by atoms with Crippen molar-refractivity contribution in [2.45, 2.75) is 45.6 Å². The monoisotopic (exact) mass is 286 g/mol. The van der Waals surface area contributed by atoms with E-state index in [9.17, 15) is 9.59 Å². The topological polar surface area (TPSA) is 49.4 Å². The van der Waals surface area contributed by atoms with E-state index in [2.05, 4.69) is 12.2 Å². The molecule has 1 N–H and O–H groups in total. The van der Waals surface area contributed by atoms with E-state index in [0.717, 1.165) is 32.2 Å². The Morgan fingerprint density at radius 1 is 1.47 bits per heavy atom. The number of nitrogens with zero attached hydrogens (tertiary/aromatic N) is 1. The maximum absolute atomic E-state index is 12.2. The lowest BCUT2D eigenvalue weighted by Crippen LogP contribution is -2.47. The van der Waals surface area contributed by atoms with Crippen LogP contribution in [-0.4, -0.2) is 47.9 Å². The third-order valence-corrected chi connectivity index (χ3v) is 4.06. The zero-order valence-corrected chi connectivity index (χ0v) is 13.1. The standard InChI is InChI=1S/C14H26N2O2S/c1-4-6-11(2)15-14(18)12-7-5-8-16(9-12)13(17)10-19-3/h11-12H,4-10H2,1-3H3,(H,15,18). The first kappa shape index (κ1) is 16.3. The van der Waals surface area contributed by atoms with Crippen molar-refractivity contribution in [1.82, 2.24) is 10.2 Å². The Balaban J connectivity index is 2.45. The molecule has 0 radical (unpaired) electrons. The van der Waals surface area contributed by atoms with Crippen molar-refractivity contribution in [1.29, 1.82) is 0 Å². The van der Waals surface area contributed by atoms with E-state index in [4.69, 9.17) is 0 Å². The lowest BCUT2D eigenvalue weighted by molar-refractivity contribution is -0.133. The van der Waals surface area contributed by atoms with Gasteiger partial charge in [-0.2, -0.15) is 11.8 Å². The van der Waals surface area contributed by atoms with Crippen LogP contribution in [0.3, 0.4) is 0 Å². The maximum Gasteiger partial charge on any atom is 0.232 e. The molecule has 110 valence electrons. The number of hydrogen-bond acceptors (Lipinski definition) is 3. The van der Waals surface area contributed by atoms with Crippen LogP contribution in [0.2, 0.25) is 0 Å². The molecule has 1 fully saturated rings. The molecule has 1 aliphatic heterocycles. The lowest BCUT2D eigenvalue weighted by Gasteiger charge is -2.32. The van der Waals surface area contributed by atoms with Gasteiger partial charge in [-0.05, 0) is 32.4 Å². The Labute approximate surface area is 120 Å². The fourth-order valence-electron chi connectivity index (χ4n) is 2.50. The summed E-state index contributed by atoms with van der Waals surface area (Å²) in [7, 11) is 0. The summed E-state index contributed by atoms with van der Waals surface area (Å²) in [5.41, 5.74) is 0. The fourth-order valence-corrected chi connectivity index (χ4v) is 2.93. The van der Waals surface area contributed by atoms with Crippen LogP contribution in [0, 0.1) is 5.92 Å². The number of nitrogens with one attached hydrogen (secondary N) is 1. The van der Waals surface area contributed by atoms with Crippen LogP contribution in [0.1, 0.15) is 39.5 Å². The summed E-state index contributed by atoms with van der Waals surface area (Å²) in [5, 5.41) is 3.06. The average Bonchev–Trinajstić information content (AvgIpc) is 2.39. The fraction of sp³-hybridized carbons (Fsp3) is 0.857. The highest BCUT2D eigenvalue weighted by molar-refractivity contribution is 7.99. The smallest absolute Gasteiger partial charge is 0.232 e. The average molecular weight is 286 g/mol. The molecule has 0 bridgehead atoms. The van der Waals surface area contributed by atoms with Gasteiger partial charge in [0.05, 0.1) is 11.7 Å². The van der Waals surface area contributed by atoms with Gasteiger partial charge in [0.2, 0.25) is 11.8 Å². The molecular formula is C14H26N2O2S. The zero-order chi connectivity index (χ0) is 14.3. The summed E-state index contributed by atoms with van der Waals surface area (Å²) in [6.45, 7) is 5.55. The number of rotatable bonds is 6. The molecule has 0 saturated carbocycles. The van der Waals surface area contributed by atoms with Crippen LogP contribution in [-0.2, 0) is 9.59 Å². The number of carbonyl (C=O) groups is 2. The van der Waals surface area contributed by atoms with Gasteiger partial charge in [-0.1, -0.05) is 13.3 Å². The summed E-state index contributed by atoms with van der Waals surface area (Å²) in [6, 6.07) is 0.231. The summed E-state index contributed by atoms with van der Waals surface area (Å²) in [5.74, 6) is 0.758. The normalized spacial score (nSPS) is 21.0. The van der Waals surface area contributed by atoms with Gasteiger partial charge >= 0.3 is 0 Å². The van der Waals surface area contributed by atoms with Crippen molar-refractivity contribution in [3.8, 4) is 0 Å². The molecule has 2 amide bonds. The molecule has 1 rings (SSSR count). The van der Waals surface area contributed by atoms with E-state index in [0.29, 0.717) is 12.3 Å². The number of hydrogen-bond donors (Lipinski definition) is 1. The second-order valence-electron chi connectivity index (χ2n) is 5.31. The Kier molecular flexibility index (Phi) is 7.28. The molecule has 0 aromatic rings. The van der Waals surface area contributed by atoms with Gasteiger partial charge in [-0.15, -0.1) is 0 Å². The first-order valence-electron chi connectivity index (χ1n) is 7.15. The van der Waals surface area contributed by atoms with Crippen molar-refractivity contribution in [2.24, 2.45) is 5.92 Å². The summed E-state index contributed by atoms with van der Waals surface area (Å²) in [4.78, 5) is 25.9. The van der Waals surface area contributed by atoms with Crippen molar-refractivity contribution >= 4 is 23.6 Å². The number of piperidine rings is 1. The molecule has 0 spiro atoms. The molecule has 2 atom stereocenters. The first-order chi connectivity index (χ1) is 9.08. The van der Waals surface area contributed by atoms with E-state index >= 15 is 0 Å². The van der Waals surface area contributed by atoms with Gasteiger partial charge in [0.25, 0.3) is 0 Å². The van der Waals surface area contributed by atoms with Crippen molar-refractivity contribution in [2.75, 3.05) is 25.1 Å². The molecule has 1 saturated heterocycles. The molecular weight excluding hydrogens is 260 g/mol. The minimum absolute atomic E-state index is 0.0288. The second-order valence-corrected chi connectivity index (χ2v) is 6.18. The largest absolute Gasteiger partial charge is 0.353 e. The predicted octanol–water partition coefficient (Wildman–Crippen LogP) is 1.89. The van der Waals surface area contributed by atoms with Crippen LogP contribution in [0.5, 0.6) is 0 Å². The maximum atomic E-state index is 12.2. The minimum atomic E-state index is -0.0288. The highest BCUT2D eigenvalue weighted by atomic mass is 32.2. The van der Waals surface area contributed by atoms with Crippen molar-refractivity contribution < 1.29 is 9.59 Å². The molecule has 0 aromatic heterocycles. The van der Waals surface area contributed by atoms with Crippen LogP contribution in [0.4, 0.5) is 0 Å². The molecule has 5 heteroatoms. The Hall–Kier alpha value is -0.710. The molecule has 1 heterocycles. The van der Waals surface area contributed by atoms with Gasteiger partial charge in [-0.3, -0.25) is 9.59 Å². The summed E-state index contributed by atoms with van der Waals surface area (Å²) >= 11 is 1.54. The summed E-state index contributed by atoms with van der Waals surface area (Å²) in [6.07, 6.45) is 5.84. The molecule has 1 aliphatic rings. The Morgan fingerprint density at radius 3 is 2.84 bits per heavy atom. The van der Waals surface area contributed by atoms with Crippen LogP contribution >= 0.6 is 11.8 Å². The summed E-state index contributed by atoms with van der Waals surface area (Å²) < 4.78 is 0. The molecule has 0 aromatic carbocycles. The van der Waals surface area contributed by atoms with Crippen LogP contribution < -0.4 is 5.32 Å².